The lowest BCUT2D eigenvalue weighted by Gasteiger charge is -2.18. The molecule has 3 rings (SSSR count). The van der Waals surface area contributed by atoms with Gasteiger partial charge in [-0.05, 0) is 55.8 Å². The Hall–Kier alpha value is -2.75. The van der Waals surface area contributed by atoms with Gasteiger partial charge in [-0.15, -0.1) is 0 Å². The summed E-state index contributed by atoms with van der Waals surface area (Å²) in [5.74, 6) is 2.05. The van der Waals surface area contributed by atoms with Gasteiger partial charge >= 0.3 is 0 Å². The Morgan fingerprint density at radius 2 is 1.75 bits per heavy atom. The molecule has 1 heterocycles. The van der Waals surface area contributed by atoms with Crippen molar-refractivity contribution in [3.8, 4) is 17.2 Å². The lowest BCUT2D eigenvalue weighted by atomic mass is 10.1. The molecule has 0 amide bonds. The number of hydrogen-bond donors (Lipinski definition) is 0. The van der Waals surface area contributed by atoms with Crippen molar-refractivity contribution in [2.75, 3.05) is 13.2 Å². The fourth-order valence-electron chi connectivity index (χ4n) is 2.39. The average Bonchev–Trinajstić information content (AvgIpc) is 2.60. The quantitative estimate of drug-likeness (QED) is 0.612. The first-order valence-electron chi connectivity index (χ1n) is 8.00. The van der Waals surface area contributed by atoms with E-state index in [1.165, 1.54) is 0 Å². The minimum atomic E-state index is -0.0746. The minimum absolute atomic E-state index is 0.0746. The minimum Gasteiger partial charge on any atom is -0.491 e. The van der Waals surface area contributed by atoms with Crippen molar-refractivity contribution < 1.29 is 19.0 Å². The summed E-state index contributed by atoms with van der Waals surface area (Å²) in [7, 11) is 0. The van der Waals surface area contributed by atoms with Gasteiger partial charge < -0.3 is 14.2 Å². The van der Waals surface area contributed by atoms with Crippen molar-refractivity contribution in [2.45, 2.75) is 20.0 Å². The van der Waals surface area contributed by atoms with Gasteiger partial charge in [0.1, 0.15) is 19.0 Å². The number of allylic oxidation sites excluding steroid dienone is 1. The molecule has 1 aliphatic heterocycles. The van der Waals surface area contributed by atoms with E-state index in [1.54, 1.807) is 30.4 Å². The Kier molecular flexibility index (Phi) is 4.85. The highest BCUT2D eigenvalue weighted by Gasteiger charge is 2.13. The van der Waals surface area contributed by atoms with E-state index in [-0.39, 0.29) is 11.9 Å². The Balaban J connectivity index is 1.68. The van der Waals surface area contributed by atoms with E-state index in [2.05, 4.69) is 0 Å². The van der Waals surface area contributed by atoms with E-state index in [4.69, 9.17) is 14.2 Å². The Labute approximate surface area is 141 Å². The Bertz CT molecular complexity index is 745. The average molecular weight is 324 g/mol. The second-order valence-corrected chi connectivity index (χ2v) is 5.79. The maximum atomic E-state index is 12.3. The summed E-state index contributed by atoms with van der Waals surface area (Å²) in [6.07, 6.45) is 3.49. The molecule has 0 N–H and O–H groups in total. The first-order chi connectivity index (χ1) is 11.6. The molecule has 4 nitrogen and oxygen atoms in total. The predicted molar refractivity (Wildman–Crippen MR) is 93.0 cm³/mol. The van der Waals surface area contributed by atoms with Crippen LogP contribution in [0.5, 0.6) is 17.2 Å². The predicted octanol–water partition coefficient (Wildman–Crippen LogP) is 4.14. The lowest BCUT2D eigenvalue weighted by molar-refractivity contribution is 0.104. The number of fused-ring (bicyclic) bond motifs is 1. The first kappa shape index (κ1) is 16.1. The zero-order chi connectivity index (χ0) is 16.9. The first-order valence-corrected chi connectivity index (χ1v) is 8.00. The van der Waals surface area contributed by atoms with Gasteiger partial charge in [-0.3, -0.25) is 4.79 Å². The molecule has 2 aromatic rings. The number of ether oxygens (including phenoxy) is 3. The summed E-state index contributed by atoms with van der Waals surface area (Å²) in [4.78, 5) is 12.3. The SMILES string of the molecule is CC(C)Oc1ccc(/C=C/C(=O)c2ccc3c(c2)OCCO3)cc1. The second kappa shape index (κ2) is 7.21. The molecule has 0 unspecified atom stereocenters. The number of carbonyl (C=O) groups is 1. The molecule has 24 heavy (non-hydrogen) atoms. The Morgan fingerprint density at radius 3 is 2.46 bits per heavy atom. The molecule has 124 valence electrons. The molecule has 1 aliphatic rings. The van der Waals surface area contributed by atoms with E-state index in [9.17, 15) is 4.79 Å². The molecule has 0 radical (unpaired) electrons. The Morgan fingerprint density at radius 1 is 1.04 bits per heavy atom. The van der Waals surface area contributed by atoms with Crippen LogP contribution in [0.3, 0.4) is 0 Å². The summed E-state index contributed by atoms with van der Waals surface area (Å²) in [6, 6.07) is 12.9. The van der Waals surface area contributed by atoms with E-state index < -0.39 is 0 Å². The zero-order valence-corrected chi connectivity index (χ0v) is 13.8. The summed E-state index contributed by atoms with van der Waals surface area (Å²) >= 11 is 0. The number of hydrogen-bond acceptors (Lipinski definition) is 4. The molecular weight excluding hydrogens is 304 g/mol. The van der Waals surface area contributed by atoms with Crippen molar-refractivity contribution >= 4 is 11.9 Å². The lowest BCUT2D eigenvalue weighted by Crippen LogP contribution is -2.15. The highest BCUT2D eigenvalue weighted by atomic mass is 16.6. The molecule has 2 aromatic carbocycles. The standard InChI is InChI=1S/C20H20O4/c1-14(2)24-17-7-3-15(4-8-17)5-9-18(21)16-6-10-19-20(13-16)23-12-11-22-19/h3-10,13-14H,11-12H2,1-2H3/b9-5+. The van der Waals surface area contributed by atoms with Crippen molar-refractivity contribution in [1.29, 1.82) is 0 Å². The molecule has 0 bridgehead atoms. The van der Waals surface area contributed by atoms with Crippen LogP contribution >= 0.6 is 0 Å². The van der Waals surface area contributed by atoms with Crippen LogP contribution in [-0.4, -0.2) is 25.1 Å². The second-order valence-electron chi connectivity index (χ2n) is 5.79. The van der Waals surface area contributed by atoms with Gasteiger partial charge in [-0.25, -0.2) is 0 Å². The molecule has 0 atom stereocenters. The van der Waals surface area contributed by atoms with Crippen molar-refractivity contribution in [1.82, 2.24) is 0 Å². The van der Waals surface area contributed by atoms with Crippen LogP contribution in [-0.2, 0) is 0 Å². The van der Waals surface area contributed by atoms with Gasteiger partial charge in [-0.1, -0.05) is 18.2 Å². The van der Waals surface area contributed by atoms with Crippen LogP contribution in [0, 0.1) is 0 Å². The zero-order valence-electron chi connectivity index (χ0n) is 13.8. The third-order valence-corrected chi connectivity index (χ3v) is 3.51. The van der Waals surface area contributed by atoms with E-state index in [0.29, 0.717) is 30.3 Å². The molecule has 0 fully saturated rings. The van der Waals surface area contributed by atoms with Crippen molar-refractivity contribution in [2.24, 2.45) is 0 Å². The van der Waals surface area contributed by atoms with Crippen LogP contribution in [0.4, 0.5) is 0 Å². The fraction of sp³-hybridized carbons (Fsp3) is 0.250. The molecule has 4 heteroatoms. The number of rotatable bonds is 5. The summed E-state index contributed by atoms with van der Waals surface area (Å²) in [6.45, 7) is 5.02. The smallest absolute Gasteiger partial charge is 0.185 e. The van der Waals surface area contributed by atoms with Crippen LogP contribution < -0.4 is 14.2 Å². The highest BCUT2D eigenvalue weighted by Crippen LogP contribution is 2.31. The maximum absolute atomic E-state index is 12.3. The monoisotopic (exact) mass is 324 g/mol. The highest BCUT2D eigenvalue weighted by molar-refractivity contribution is 6.07. The molecule has 0 saturated carbocycles. The van der Waals surface area contributed by atoms with Crippen LogP contribution in [0.25, 0.3) is 6.08 Å². The summed E-state index contributed by atoms with van der Waals surface area (Å²) in [5, 5.41) is 0. The van der Waals surface area contributed by atoms with Gasteiger partial charge in [0, 0.05) is 5.56 Å². The normalized spacial score (nSPS) is 13.3. The van der Waals surface area contributed by atoms with E-state index in [1.807, 2.05) is 38.1 Å². The van der Waals surface area contributed by atoms with Crippen LogP contribution in [0.1, 0.15) is 29.8 Å². The number of carbonyl (C=O) groups excluding carboxylic acids is 1. The van der Waals surface area contributed by atoms with Crippen molar-refractivity contribution in [3.63, 3.8) is 0 Å². The maximum Gasteiger partial charge on any atom is 0.185 e. The van der Waals surface area contributed by atoms with Gasteiger partial charge in [0.15, 0.2) is 17.3 Å². The molecular formula is C20H20O4. The van der Waals surface area contributed by atoms with Gasteiger partial charge in [0.25, 0.3) is 0 Å². The van der Waals surface area contributed by atoms with E-state index >= 15 is 0 Å². The third-order valence-electron chi connectivity index (χ3n) is 3.51. The van der Waals surface area contributed by atoms with Gasteiger partial charge in [-0.2, -0.15) is 0 Å². The number of ketones is 1. The van der Waals surface area contributed by atoms with Crippen molar-refractivity contribution in [3.05, 3.63) is 59.7 Å². The van der Waals surface area contributed by atoms with Crippen LogP contribution in [0.15, 0.2) is 48.5 Å². The summed E-state index contributed by atoms with van der Waals surface area (Å²) in [5.41, 5.74) is 1.52. The summed E-state index contributed by atoms with van der Waals surface area (Å²) < 4.78 is 16.6. The fourth-order valence-corrected chi connectivity index (χ4v) is 2.39. The molecule has 0 aromatic heterocycles. The van der Waals surface area contributed by atoms with Gasteiger partial charge in [0.2, 0.25) is 0 Å². The van der Waals surface area contributed by atoms with Crippen LogP contribution in [0.2, 0.25) is 0 Å². The largest absolute Gasteiger partial charge is 0.491 e. The molecule has 0 aliphatic carbocycles. The topological polar surface area (TPSA) is 44.8 Å². The number of benzene rings is 2. The molecule has 0 spiro atoms. The van der Waals surface area contributed by atoms with E-state index in [0.717, 1.165) is 11.3 Å². The van der Waals surface area contributed by atoms with Gasteiger partial charge in [0.05, 0.1) is 6.10 Å². The third kappa shape index (κ3) is 3.96. The molecule has 0 saturated heterocycles.